The van der Waals surface area contributed by atoms with Crippen molar-refractivity contribution in [3.63, 3.8) is 0 Å². The molecule has 1 aromatic heterocycles. The van der Waals surface area contributed by atoms with Gasteiger partial charge in [-0.3, -0.25) is 14.2 Å². The minimum absolute atomic E-state index is 0.0664. The standard InChI is InChI=1S/C33H40N5O8P/c1-3-46-33(41)37-17-15-36(16-18-37)32(40)30(19-23-9-11-27(12-10-23)47(42,43)44)35-31(39)29-21-25(38-14-13-26(22-38)45-2)20-28(34-29)24-7-5-4-6-8-24/h4-12,20-21,26,30H,3,13-19,22H2,1-2H3,(H,35,39)(H2,42,43,44). The second-order valence-corrected chi connectivity index (χ2v) is 13.1. The molecule has 2 aromatic carbocycles. The molecule has 2 aliphatic rings. The molecule has 14 heteroatoms. The highest BCUT2D eigenvalue weighted by Gasteiger charge is 2.32. The second kappa shape index (κ2) is 15.1. The molecule has 0 radical (unpaired) electrons. The zero-order valence-electron chi connectivity index (χ0n) is 26.4. The largest absolute Gasteiger partial charge is 0.450 e. The van der Waals surface area contributed by atoms with Gasteiger partial charge in [-0.25, -0.2) is 9.78 Å². The van der Waals surface area contributed by atoms with Crippen LogP contribution in [0.2, 0.25) is 0 Å². The van der Waals surface area contributed by atoms with Gasteiger partial charge in [0.15, 0.2) is 0 Å². The lowest BCUT2D eigenvalue weighted by Gasteiger charge is -2.36. The van der Waals surface area contributed by atoms with E-state index >= 15 is 0 Å². The summed E-state index contributed by atoms with van der Waals surface area (Å²) in [6.45, 7) is 4.46. The van der Waals surface area contributed by atoms with Gasteiger partial charge in [-0.05, 0) is 43.2 Å². The van der Waals surface area contributed by atoms with Crippen LogP contribution >= 0.6 is 7.60 Å². The summed E-state index contributed by atoms with van der Waals surface area (Å²) in [7, 11) is -2.77. The molecule has 2 fully saturated rings. The average Bonchev–Trinajstić information content (AvgIpc) is 3.57. The Bertz CT molecular complexity index is 1610. The van der Waals surface area contributed by atoms with Gasteiger partial charge < -0.3 is 39.3 Å². The normalized spacial score (nSPS) is 17.4. The third-order valence-electron chi connectivity index (χ3n) is 8.39. The van der Waals surface area contributed by atoms with Crippen LogP contribution in [0.1, 0.15) is 29.4 Å². The van der Waals surface area contributed by atoms with Crippen LogP contribution in [0.15, 0.2) is 66.7 Å². The highest BCUT2D eigenvalue weighted by molar-refractivity contribution is 7.60. The maximum absolute atomic E-state index is 13.9. The Labute approximate surface area is 273 Å². The number of ether oxygens (including phenoxy) is 2. The van der Waals surface area contributed by atoms with Crippen molar-refractivity contribution in [1.29, 1.82) is 0 Å². The van der Waals surface area contributed by atoms with Gasteiger partial charge in [0.1, 0.15) is 11.7 Å². The number of amides is 3. The Kier molecular flexibility index (Phi) is 10.9. The molecule has 0 saturated carbocycles. The third kappa shape index (κ3) is 8.55. The molecule has 3 heterocycles. The van der Waals surface area contributed by atoms with Crippen molar-refractivity contribution >= 4 is 36.5 Å². The van der Waals surface area contributed by atoms with E-state index in [0.717, 1.165) is 24.2 Å². The Balaban J connectivity index is 1.42. The molecule has 3 N–H and O–H groups in total. The number of rotatable bonds is 10. The number of aromatic nitrogens is 1. The van der Waals surface area contributed by atoms with Crippen molar-refractivity contribution in [3.05, 3.63) is 78.0 Å². The molecule has 3 amide bonds. The smallest absolute Gasteiger partial charge is 0.409 e. The van der Waals surface area contributed by atoms with Gasteiger partial charge in [-0.1, -0.05) is 42.5 Å². The molecule has 2 unspecified atom stereocenters. The number of hydrogen-bond acceptors (Lipinski definition) is 8. The van der Waals surface area contributed by atoms with Crippen LogP contribution in [-0.4, -0.2) is 108 Å². The zero-order chi connectivity index (χ0) is 33.6. The number of piperazine rings is 1. The minimum Gasteiger partial charge on any atom is -0.450 e. The fourth-order valence-corrected chi connectivity index (χ4v) is 6.30. The van der Waals surface area contributed by atoms with Crippen molar-refractivity contribution in [2.45, 2.75) is 31.9 Å². The second-order valence-electron chi connectivity index (χ2n) is 11.5. The summed E-state index contributed by atoms with van der Waals surface area (Å²) in [6.07, 6.45) is 0.548. The van der Waals surface area contributed by atoms with Crippen LogP contribution in [0, 0.1) is 0 Å². The van der Waals surface area contributed by atoms with Crippen molar-refractivity contribution in [2.75, 3.05) is 57.9 Å². The van der Waals surface area contributed by atoms with E-state index < -0.39 is 25.6 Å². The van der Waals surface area contributed by atoms with Crippen molar-refractivity contribution in [1.82, 2.24) is 20.1 Å². The fourth-order valence-electron chi connectivity index (χ4n) is 5.77. The van der Waals surface area contributed by atoms with E-state index in [1.807, 2.05) is 36.4 Å². The number of hydrogen-bond donors (Lipinski definition) is 3. The van der Waals surface area contributed by atoms with E-state index in [2.05, 4.69) is 10.2 Å². The molecule has 2 atom stereocenters. The summed E-state index contributed by atoms with van der Waals surface area (Å²) in [5.41, 5.74) is 3.00. The summed E-state index contributed by atoms with van der Waals surface area (Å²) in [6, 6.07) is 17.9. The van der Waals surface area contributed by atoms with E-state index in [-0.39, 0.29) is 62.2 Å². The molecule has 3 aromatic rings. The number of carbonyl (C=O) groups excluding carboxylic acids is 3. The lowest BCUT2D eigenvalue weighted by atomic mass is 10.0. The average molecular weight is 666 g/mol. The number of nitrogens with zero attached hydrogens (tertiary/aromatic N) is 4. The van der Waals surface area contributed by atoms with Gasteiger partial charge in [-0.15, -0.1) is 0 Å². The van der Waals surface area contributed by atoms with Gasteiger partial charge in [0, 0.05) is 64.0 Å². The Morgan fingerprint density at radius 3 is 2.28 bits per heavy atom. The summed E-state index contributed by atoms with van der Waals surface area (Å²) < 4.78 is 22.4. The monoisotopic (exact) mass is 665 g/mol. The molecule has 0 spiro atoms. The molecular weight excluding hydrogens is 625 g/mol. The van der Waals surface area contributed by atoms with Gasteiger partial charge in [0.25, 0.3) is 5.91 Å². The van der Waals surface area contributed by atoms with Crippen molar-refractivity contribution in [2.24, 2.45) is 0 Å². The number of pyridine rings is 1. The maximum atomic E-state index is 13.9. The highest BCUT2D eigenvalue weighted by atomic mass is 31.2. The SMILES string of the molecule is CCOC(=O)N1CCN(C(=O)C(Cc2ccc(P(=O)(O)O)cc2)NC(=O)c2cc(N3CCC(OC)C3)cc(-c3ccccc3)n2)CC1. The van der Waals surface area contributed by atoms with E-state index in [1.54, 1.807) is 25.0 Å². The van der Waals surface area contributed by atoms with Crippen LogP contribution < -0.4 is 15.5 Å². The number of benzene rings is 2. The van der Waals surface area contributed by atoms with Crippen LogP contribution in [0.3, 0.4) is 0 Å². The van der Waals surface area contributed by atoms with Gasteiger partial charge in [0.2, 0.25) is 5.91 Å². The van der Waals surface area contributed by atoms with Crippen molar-refractivity contribution in [3.8, 4) is 11.3 Å². The fraction of sp³-hybridized carbons (Fsp3) is 0.394. The zero-order valence-corrected chi connectivity index (χ0v) is 27.3. The molecule has 47 heavy (non-hydrogen) atoms. The van der Waals surface area contributed by atoms with E-state index in [0.29, 0.717) is 17.8 Å². The number of anilines is 1. The molecule has 2 aliphatic heterocycles. The molecule has 5 rings (SSSR count). The van der Waals surface area contributed by atoms with Gasteiger partial charge in [0.05, 0.1) is 23.7 Å². The van der Waals surface area contributed by atoms with Crippen LogP contribution in [-0.2, 0) is 25.3 Å². The third-order valence-corrected chi connectivity index (χ3v) is 9.36. The highest BCUT2D eigenvalue weighted by Crippen LogP contribution is 2.33. The number of carbonyl (C=O) groups is 3. The lowest BCUT2D eigenvalue weighted by Crippen LogP contribution is -2.56. The van der Waals surface area contributed by atoms with Gasteiger partial charge in [-0.2, -0.15) is 0 Å². The summed E-state index contributed by atoms with van der Waals surface area (Å²) in [5.74, 6) is -0.885. The molecule has 13 nitrogen and oxygen atoms in total. The Morgan fingerprint density at radius 1 is 0.979 bits per heavy atom. The van der Waals surface area contributed by atoms with E-state index in [1.165, 1.54) is 29.2 Å². The molecule has 0 bridgehead atoms. The Morgan fingerprint density at radius 2 is 1.66 bits per heavy atom. The molecular formula is C33H40N5O8P. The minimum atomic E-state index is -4.45. The molecule has 0 aliphatic carbocycles. The first kappa shape index (κ1) is 34.1. The lowest BCUT2D eigenvalue weighted by molar-refractivity contribution is -0.134. The summed E-state index contributed by atoms with van der Waals surface area (Å²) in [5, 5.41) is 2.76. The maximum Gasteiger partial charge on any atom is 0.409 e. The summed E-state index contributed by atoms with van der Waals surface area (Å²) in [4.78, 5) is 69.1. The predicted molar refractivity (Wildman–Crippen MR) is 176 cm³/mol. The predicted octanol–water partition coefficient (Wildman–Crippen LogP) is 2.42. The number of nitrogens with one attached hydrogen (secondary N) is 1. The summed E-state index contributed by atoms with van der Waals surface area (Å²) >= 11 is 0. The topological polar surface area (TPSA) is 162 Å². The quantitative estimate of drug-likeness (QED) is 0.274. The van der Waals surface area contributed by atoms with E-state index in [9.17, 15) is 28.7 Å². The number of methoxy groups -OCH3 is 1. The molecule has 250 valence electrons. The first-order valence-corrected chi connectivity index (χ1v) is 17.2. The van der Waals surface area contributed by atoms with Crippen LogP contribution in [0.5, 0.6) is 0 Å². The van der Waals surface area contributed by atoms with Crippen molar-refractivity contribution < 1.29 is 38.2 Å². The van der Waals surface area contributed by atoms with Crippen LogP contribution in [0.4, 0.5) is 10.5 Å². The Hall–Kier alpha value is -4.29. The van der Waals surface area contributed by atoms with Crippen LogP contribution in [0.25, 0.3) is 11.3 Å². The first-order valence-electron chi connectivity index (χ1n) is 15.6. The molecule has 2 saturated heterocycles. The van der Waals surface area contributed by atoms with E-state index in [4.69, 9.17) is 14.5 Å². The first-order chi connectivity index (χ1) is 22.5. The van der Waals surface area contributed by atoms with Gasteiger partial charge >= 0.3 is 13.7 Å².